The summed E-state index contributed by atoms with van der Waals surface area (Å²) >= 11 is 0. The average molecular weight is 404 g/mol. The average Bonchev–Trinajstić information content (AvgIpc) is 2.72. The number of hydrogen-bond donors (Lipinski definition) is 1. The highest BCUT2D eigenvalue weighted by Gasteiger charge is 2.33. The first-order valence-electron chi connectivity index (χ1n) is 10.0. The van der Waals surface area contributed by atoms with Crippen LogP contribution in [0.15, 0.2) is 0 Å². The molecule has 1 fully saturated rings. The van der Waals surface area contributed by atoms with Gasteiger partial charge in [0.05, 0.1) is 39.6 Å². The molecular weight excluding hydrogens is 366 g/mol. The highest BCUT2D eigenvalue weighted by atomic mass is 16.5. The van der Waals surface area contributed by atoms with Gasteiger partial charge in [0.15, 0.2) is 0 Å². The minimum absolute atomic E-state index is 0.0335. The number of likely N-dealkylation sites (tertiary alicyclic amines) is 1. The first-order chi connectivity index (χ1) is 13.6. The van der Waals surface area contributed by atoms with Crippen molar-refractivity contribution >= 4 is 11.8 Å². The van der Waals surface area contributed by atoms with E-state index in [0.717, 1.165) is 19.4 Å². The van der Waals surface area contributed by atoms with Crippen LogP contribution in [0.2, 0.25) is 0 Å². The van der Waals surface area contributed by atoms with E-state index < -0.39 is 6.04 Å². The highest BCUT2D eigenvalue weighted by Crippen LogP contribution is 2.19. The van der Waals surface area contributed by atoms with Gasteiger partial charge in [-0.1, -0.05) is 0 Å². The van der Waals surface area contributed by atoms with Crippen LogP contribution in [0.5, 0.6) is 0 Å². The van der Waals surface area contributed by atoms with Crippen molar-refractivity contribution in [2.45, 2.75) is 25.3 Å². The second-order valence-corrected chi connectivity index (χ2v) is 6.73. The maximum atomic E-state index is 12.8. The van der Waals surface area contributed by atoms with Gasteiger partial charge in [-0.25, -0.2) is 0 Å². The normalized spacial score (nSPS) is 17.0. The molecule has 1 N–H and O–H groups in total. The number of carbonyl (C=O) groups excluding carboxylic acids is 2. The molecule has 1 saturated heterocycles. The van der Waals surface area contributed by atoms with Gasteiger partial charge < -0.3 is 34.1 Å². The van der Waals surface area contributed by atoms with Gasteiger partial charge in [0.1, 0.15) is 12.6 Å². The summed E-state index contributed by atoms with van der Waals surface area (Å²) < 4.78 is 21.1. The molecule has 1 aliphatic heterocycles. The summed E-state index contributed by atoms with van der Waals surface area (Å²) in [6.07, 6.45) is 2.54. The highest BCUT2D eigenvalue weighted by molar-refractivity contribution is 5.88. The fraction of sp³-hybridized carbons (Fsp3) is 0.895. The maximum Gasteiger partial charge on any atom is 0.249 e. The van der Waals surface area contributed by atoms with Crippen molar-refractivity contribution in [3.05, 3.63) is 0 Å². The predicted octanol–water partition coefficient (Wildman–Crippen LogP) is -0.258. The van der Waals surface area contributed by atoms with E-state index in [-0.39, 0.29) is 18.4 Å². The molecule has 0 aromatic carbocycles. The molecule has 1 rings (SSSR count). The standard InChI is InChI=1S/C19H37N3O6/c1-20-7-10-26-11-9-21(2)19(24)17-6-4-5-8-22(17)18(23)16-28-15-14-27-13-12-25-3/h17,20H,4-16H2,1-3H3. The zero-order valence-electron chi connectivity index (χ0n) is 17.6. The molecule has 0 saturated carbocycles. The molecule has 1 unspecified atom stereocenters. The van der Waals surface area contributed by atoms with Crippen LogP contribution in [0.1, 0.15) is 19.3 Å². The topological polar surface area (TPSA) is 89.6 Å². The van der Waals surface area contributed by atoms with E-state index in [1.54, 1.807) is 24.0 Å². The third-order valence-electron chi connectivity index (χ3n) is 4.58. The Balaban J connectivity index is 2.35. The molecule has 0 aromatic heterocycles. The van der Waals surface area contributed by atoms with Crippen molar-refractivity contribution < 1.29 is 28.5 Å². The molecule has 0 bridgehead atoms. The Bertz CT molecular complexity index is 438. The lowest BCUT2D eigenvalue weighted by Crippen LogP contribution is -2.53. The number of methoxy groups -OCH3 is 1. The van der Waals surface area contributed by atoms with Crippen LogP contribution in [0.4, 0.5) is 0 Å². The smallest absolute Gasteiger partial charge is 0.249 e. The summed E-state index contributed by atoms with van der Waals surface area (Å²) in [5, 5.41) is 3.01. The SMILES string of the molecule is CNCCOCCN(C)C(=O)C1CCCCN1C(=O)COCCOCCOC. The zero-order chi connectivity index (χ0) is 20.6. The largest absolute Gasteiger partial charge is 0.382 e. The second-order valence-electron chi connectivity index (χ2n) is 6.73. The van der Waals surface area contributed by atoms with Crippen LogP contribution in [0.3, 0.4) is 0 Å². The summed E-state index contributed by atoms with van der Waals surface area (Å²) in [6, 6.07) is -0.412. The van der Waals surface area contributed by atoms with Crippen LogP contribution in [0.25, 0.3) is 0 Å². The van der Waals surface area contributed by atoms with E-state index in [2.05, 4.69) is 5.32 Å². The molecule has 28 heavy (non-hydrogen) atoms. The number of nitrogens with one attached hydrogen (secondary N) is 1. The van der Waals surface area contributed by atoms with E-state index in [1.807, 2.05) is 7.05 Å². The summed E-state index contributed by atoms with van der Waals surface area (Å²) in [5.74, 6) is -0.179. The molecule has 1 atom stereocenters. The Morgan fingerprint density at radius 2 is 1.75 bits per heavy atom. The van der Waals surface area contributed by atoms with E-state index >= 15 is 0 Å². The molecular formula is C19H37N3O6. The van der Waals surface area contributed by atoms with Gasteiger partial charge in [0.25, 0.3) is 0 Å². The van der Waals surface area contributed by atoms with E-state index in [1.165, 1.54) is 0 Å². The molecule has 0 aromatic rings. The third kappa shape index (κ3) is 9.79. The molecule has 2 amide bonds. The molecule has 1 heterocycles. The van der Waals surface area contributed by atoms with Crippen molar-refractivity contribution in [3.8, 4) is 0 Å². The minimum atomic E-state index is -0.412. The molecule has 0 radical (unpaired) electrons. The summed E-state index contributed by atoms with van der Waals surface area (Å²) in [6.45, 7) is 4.73. The van der Waals surface area contributed by atoms with Crippen molar-refractivity contribution in [1.82, 2.24) is 15.1 Å². The van der Waals surface area contributed by atoms with E-state index in [4.69, 9.17) is 18.9 Å². The number of rotatable bonds is 15. The van der Waals surface area contributed by atoms with Gasteiger partial charge >= 0.3 is 0 Å². The van der Waals surface area contributed by atoms with Crippen LogP contribution in [-0.4, -0.2) is 115 Å². The summed E-state index contributed by atoms with van der Waals surface area (Å²) in [7, 11) is 5.24. The predicted molar refractivity (Wildman–Crippen MR) is 105 cm³/mol. The second kappa shape index (κ2) is 15.6. The van der Waals surface area contributed by atoms with Crippen LogP contribution >= 0.6 is 0 Å². The molecule has 1 aliphatic rings. The lowest BCUT2D eigenvalue weighted by atomic mass is 10.0. The van der Waals surface area contributed by atoms with Gasteiger partial charge in [-0.05, 0) is 26.3 Å². The molecule has 164 valence electrons. The lowest BCUT2D eigenvalue weighted by Gasteiger charge is -2.36. The number of carbonyl (C=O) groups is 2. The van der Waals surface area contributed by atoms with Gasteiger partial charge in [-0.2, -0.15) is 0 Å². The van der Waals surface area contributed by atoms with Gasteiger partial charge in [0.2, 0.25) is 11.8 Å². The van der Waals surface area contributed by atoms with Gasteiger partial charge in [-0.15, -0.1) is 0 Å². The fourth-order valence-electron chi connectivity index (χ4n) is 2.93. The number of hydrogen-bond acceptors (Lipinski definition) is 7. The molecule has 0 spiro atoms. The Hall–Kier alpha value is -1.26. The molecule has 9 heteroatoms. The Morgan fingerprint density at radius 3 is 2.50 bits per heavy atom. The Morgan fingerprint density at radius 1 is 1.04 bits per heavy atom. The monoisotopic (exact) mass is 403 g/mol. The number of likely N-dealkylation sites (N-methyl/N-ethyl adjacent to an activating group) is 2. The number of piperidine rings is 1. The van der Waals surface area contributed by atoms with E-state index in [9.17, 15) is 9.59 Å². The first-order valence-corrected chi connectivity index (χ1v) is 10.0. The van der Waals surface area contributed by atoms with Crippen molar-refractivity contribution in [1.29, 1.82) is 0 Å². The van der Waals surface area contributed by atoms with Gasteiger partial charge in [-0.3, -0.25) is 9.59 Å². The van der Waals surface area contributed by atoms with E-state index in [0.29, 0.717) is 59.2 Å². The first kappa shape index (κ1) is 24.8. The number of ether oxygens (including phenoxy) is 4. The summed E-state index contributed by atoms with van der Waals surface area (Å²) in [5.41, 5.74) is 0. The number of amides is 2. The molecule has 0 aliphatic carbocycles. The zero-order valence-corrected chi connectivity index (χ0v) is 17.6. The van der Waals surface area contributed by atoms with Crippen LogP contribution < -0.4 is 5.32 Å². The fourth-order valence-corrected chi connectivity index (χ4v) is 2.93. The lowest BCUT2D eigenvalue weighted by molar-refractivity contribution is -0.150. The Kier molecular flexibility index (Phi) is 13.8. The van der Waals surface area contributed by atoms with Crippen LogP contribution in [-0.2, 0) is 28.5 Å². The Labute approximate surface area is 168 Å². The van der Waals surface area contributed by atoms with Crippen molar-refractivity contribution in [2.24, 2.45) is 0 Å². The minimum Gasteiger partial charge on any atom is -0.382 e. The quantitative estimate of drug-likeness (QED) is 0.377. The molecule has 9 nitrogen and oxygen atoms in total. The van der Waals surface area contributed by atoms with Crippen molar-refractivity contribution in [3.63, 3.8) is 0 Å². The van der Waals surface area contributed by atoms with Crippen LogP contribution in [0, 0.1) is 0 Å². The van der Waals surface area contributed by atoms with Gasteiger partial charge in [0, 0.05) is 33.8 Å². The summed E-state index contributed by atoms with van der Waals surface area (Å²) in [4.78, 5) is 28.7. The third-order valence-corrected chi connectivity index (χ3v) is 4.58. The maximum absolute atomic E-state index is 12.8. The van der Waals surface area contributed by atoms with Crippen molar-refractivity contribution in [2.75, 3.05) is 87.1 Å². The number of nitrogens with zero attached hydrogens (tertiary/aromatic N) is 2.